The van der Waals surface area contributed by atoms with E-state index in [-0.39, 0.29) is 0 Å². The average molecular weight is 321 g/mol. The molecule has 0 unspecified atom stereocenters. The Hall–Kier alpha value is -1.75. The molecule has 0 amide bonds. The molecule has 4 nitrogen and oxygen atoms in total. The van der Waals surface area contributed by atoms with Crippen molar-refractivity contribution in [3.05, 3.63) is 46.7 Å². The fourth-order valence-corrected chi connectivity index (χ4v) is 2.36. The molecule has 2 heterocycles. The van der Waals surface area contributed by atoms with Crippen LogP contribution >= 0.6 is 15.9 Å². The first kappa shape index (κ1) is 12.3. The van der Waals surface area contributed by atoms with E-state index in [2.05, 4.69) is 26.2 Å². The SMILES string of the molecule is Brc1cc2c(cc1NCc1ccncc1)OCCO2. The van der Waals surface area contributed by atoms with Crippen LogP contribution in [0.2, 0.25) is 0 Å². The molecule has 0 radical (unpaired) electrons. The molecule has 2 aromatic rings. The van der Waals surface area contributed by atoms with E-state index >= 15 is 0 Å². The number of rotatable bonds is 3. The van der Waals surface area contributed by atoms with Crippen LogP contribution in [0.25, 0.3) is 0 Å². The topological polar surface area (TPSA) is 43.4 Å². The van der Waals surface area contributed by atoms with Crippen LogP contribution < -0.4 is 14.8 Å². The number of ether oxygens (including phenoxy) is 2. The van der Waals surface area contributed by atoms with Crippen LogP contribution in [0.5, 0.6) is 11.5 Å². The second-order valence-corrected chi connectivity index (χ2v) is 5.04. The lowest BCUT2D eigenvalue weighted by Crippen LogP contribution is -2.15. The largest absolute Gasteiger partial charge is 0.486 e. The van der Waals surface area contributed by atoms with Crippen LogP contribution in [0.3, 0.4) is 0 Å². The zero-order chi connectivity index (χ0) is 13.1. The van der Waals surface area contributed by atoms with Crippen molar-refractivity contribution < 1.29 is 9.47 Å². The molecular formula is C14H13BrN2O2. The van der Waals surface area contributed by atoms with Gasteiger partial charge in [0, 0.05) is 35.5 Å². The van der Waals surface area contributed by atoms with Crippen molar-refractivity contribution in [2.75, 3.05) is 18.5 Å². The van der Waals surface area contributed by atoms with Gasteiger partial charge in [-0.2, -0.15) is 0 Å². The molecule has 19 heavy (non-hydrogen) atoms. The summed E-state index contributed by atoms with van der Waals surface area (Å²) < 4.78 is 12.1. The molecule has 0 saturated carbocycles. The van der Waals surface area contributed by atoms with Gasteiger partial charge < -0.3 is 14.8 Å². The number of nitrogens with zero attached hydrogens (tertiary/aromatic N) is 1. The maximum atomic E-state index is 5.58. The first-order chi connectivity index (χ1) is 9.33. The van der Waals surface area contributed by atoms with E-state index in [1.165, 1.54) is 5.56 Å². The molecule has 1 aliphatic heterocycles. The Morgan fingerprint density at radius 2 is 1.79 bits per heavy atom. The molecule has 1 aromatic heterocycles. The molecule has 0 spiro atoms. The van der Waals surface area contributed by atoms with Gasteiger partial charge in [0.25, 0.3) is 0 Å². The van der Waals surface area contributed by atoms with E-state index in [1.807, 2.05) is 24.3 Å². The number of aromatic nitrogens is 1. The third kappa shape index (κ3) is 2.81. The summed E-state index contributed by atoms with van der Waals surface area (Å²) in [6, 6.07) is 7.86. The summed E-state index contributed by atoms with van der Waals surface area (Å²) in [6.45, 7) is 1.93. The molecule has 0 aliphatic carbocycles. The van der Waals surface area contributed by atoms with E-state index < -0.39 is 0 Å². The summed E-state index contributed by atoms with van der Waals surface area (Å²) in [4.78, 5) is 4.00. The molecule has 0 fully saturated rings. The summed E-state index contributed by atoms with van der Waals surface area (Å²) in [5.74, 6) is 1.57. The zero-order valence-corrected chi connectivity index (χ0v) is 11.8. The highest BCUT2D eigenvalue weighted by molar-refractivity contribution is 9.10. The highest BCUT2D eigenvalue weighted by atomic mass is 79.9. The molecule has 5 heteroatoms. The van der Waals surface area contributed by atoms with Crippen molar-refractivity contribution in [3.63, 3.8) is 0 Å². The van der Waals surface area contributed by atoms with Crippen LogP contribution in [0, 0.1) is 0 Å². The van der Waals surface area contributed by atoms with E-state index in [4.69, 9.17) is 9.47 Å². The third-order valence-corrected chi connectivity index (χ3v) is 3.52. The molecule has 1 aromatic carbocycles. The van der Waals surface area contributed by atoms with Crippen molar-refractivity contribution in [2.24, 2.45) is 0 Å². The van der Waals surface area contributed by atoms with Gasteiger partial charge in [0.1, 0.15) is 13.2 Å². The molecular weight excluding hydrogens is 308 g/mol. The van der Waals surface area contributed by atoms with Gasteiger partial charge in [-0.1, -0.05) is 0 Å². The van der Waals surface area contributed by atoms with Gasteiger partial charge in [0.05, 0.1) is 5.69 Å². The number of fused-ring (bicyclic) bond motifs is 1. The van der Waals surface area contributed by atoms with Crippen molar-refractivity contribution >= 4 is 21.6 Å². The smallest absolute Gasteiger partial charge is 0.163 e. The Balaban J connectivity index is 1.77. The number of hydrogen-bond donors (Lipinski definition) is 1. The quantitative estimate of drug-likeness (QED) is 0.943. The summed E-state index contributed by atoms with van der Waals surface area (Å²) in [5.41, 5.74) is 2.16. The number of benzene rings is 1. The molecule has 0 bridgehead atoms. The second kappa shape index (κ2) is 5.48. The van der Waals surface area contributed by atoms with Crippen LogP contribution in [-0.2, 0) is 6.54 Å². The van der Waals surface area contributed by atoms with E-state index in [1.54, 1.807) is 12.4 Å². The zero-order valence-electron chi connectivity index (χ0n) is 10.2. The van der Waals surface area contributed by atoms with Crippen molar-refractivity contribution in [1.82, 2.24) is 4.98 Å². The lowest BCUT2D eigenvalue weighted by atomic mass is 10.2. The van der Waals surface area contributed by atoms with E-state index in [9.17, 15) is 0 Å². The highest BCUT2D eigenvalue weighted by Gasteiger charge is 2.14. The van der Waals surface area contributed by atoms with Gasteiger partial charge in [-0.25, -0.2) is 0 Å². The predicted octanol–water partition coefficient (Wildman–Crippen LogP) is 3.23. The Kier molecular flexibility index (Phi) is 3.55. The lowest BCUT2D eigenvalue weighted by Gasteiger charge is -2.20. The van der Waals surface area contributed by atoms with Gasteiger partial charge in [-0.05, 0) is 33.6 Å². The van der Waals surface area contributed by atoms with Gasteiger partial charge in [0.15, 0.2) is 11.5 Å². The Morgan fingerprint density at radius 3 is 2.53 bits per heavy atom. The summed E-state index contributed by atoms with van der Waals surface area (Å²) >= 11 is 3.54. The Bertz CT molecular complexity index is 575. The minimum Gasteiger partial charge on any atom is -0.486 e. The highest BCUT2D eigenvalue weighted by Crippen LogP contribution is 2.38. The van der Waals surface area contributed by atoms with E-state index in [0.29, 0.717) is 13.2 Å². The van der Waals surface area contributed by atoms with Crippen molar-refractivity contribution in [3.8, 4) is 11.5 Å². The number of hydrogen-bond acceptors (Lipinski definition) is 4. The Labute approximate surface area is 119 Å². The van der Waals surface area contributed by atoms with Gasteiger partial charge >= 0.3 is 0 Å². The first-order valence-corrected chi connectivity index (χ1v) is 6.84. The number of pyridine rings is 1. The second-order valence-electron chi connectivity index (χ2n) is 4.18. The van der Waals surface area contributed by atoms with Gasteiger partial charge in [-0.15, -0.1) is 0 Å². The number of halogens is 1. The summed E-state index contributed by atoms with van der Waals surface area (Å²) in [6.07, 6.45) is 3.58. The minimum absolute atomic E-state index is 0.596. The number of nitrogens with one attached hydrogen (secondary N) is 1. The first-order valence-electron chi connectivity index (χ1n) is 6.05. The fraction of sp³-hybridized carbons (Fsp3) is 0.214. The normalized spacial score (nSPS) is 13.1. The molecule has 1 aliphatic rings. The van der Waals surface area contributed by atoms with Crippen LogP contribution in [-0.4, -0.2) is 18.2 Å². The molecule has 98 valence electrons. The van der Waals surface area contributed by atoms with E-state index in [0.717, 1.165) is 28.2 Å². The van der Waals surface area contributed by atoms with Crippen LogP contribution in [0.15, 0.2) is 41.1 Å². The number of anilines is 1. The van der Waals surface area contributed by atoms with Gasteiger partial charge in [-0.3, -0.25) is 4.98 Å². The standard InChI is InChI=1S/C14H13BrN2O2/c15-11-7-13-14(19-6-5-18-13)8-12(11)17-9-10-1-3-16-4-2-10/h1-4,7-8,17H,5-6,9H2. The minimum atomic E-state index is 0.596. The summed E-state index contributed by atoms with van der Waals surface area (Å²) in [7, 11) is 0. The Morgan fingerprint density at radius 1 is 1.11 bits per heavy atom. The lowest BCUT2D eigenvalue weighted by molar-refractivity contribution is 0.171. The maximum absolute atomic E-state index is 5.58. The summed E-state index contributed by atoms with van der Waals surface area (Å²) in [5, 5.41) is 3.37. The monoisotopic (exact) mass is 320 g/mol. The molecule has 0 atom stereocenters. The average Bonchev–Trinajstić information content (AvgIpc) is 2.46. The van der Waals surface area contributed by atoms with Crippen molar-refractivity contribution in [1.29, 1.82) is 0 Å². The third-order valence-electron chi connectivity index (χ3n) is 2.86. The predicted molar refractivity (Wildman–Crippen MR) is 76.7 cm³/mol. The van der Waals surface area contributed by atoms with Crippen LogP contribution in [0.4, 0.5) is 5.69 Å². The molecule has 0 saturated heterocycles. The maximum Gasteiger partial charge on any atom is 0.163 e. The molecule has 3 rings (SSSR count). The van der Waals surface area contributed by atoms with Crippen molar-refractivity contribution in [2.45, 2.75) is 6.54 Å². The molecule has 1 N–H and O–H groups in total. The van der Waals surface area contributed by atoms with Crippen LogP contribution in [0.1, 0.15) is 5.56 Å². The fourth-order valence-electron chi connectivity index (χ4n) is 1.90. The van der Waals surface area contributed by atoms with Gasteiger partial charge in [0.2, 0.25) is 0 Å².